The molecule has 4 unspecified atom stereocenters. The molecule has 0 bridgehead atoms. The Bertz CT molecular complexity index is 859. The lowest BCUT2D eigenvalue weighted by Gasteiger charge is -2.25. The number of carbonyl (C=O) groups excluding carboxylic acids is 4. The van der Waals surface area contributed by atoms with Crippen molar-refractivity contribution in [3.8, 4) is 0 Å². The Labute approximate surface area is 214 Å². The molecule has 0 aromatic rings. The van der Waals surface area contributed by atoms with Gasteiger partial charge in [-0.15, -0.1) is 0 Å². The van der Waals surface area contributed by atoms with Crippen molar-refractivity contribution in [1.82, 2.24) is 16.0 Å². The summed E-state index contributed by atoms with van der Waals surface area (Å²) in [5, 5.41) is 24.9. The van der Waals surface area contributed by atoms with Gasteiger partial charge in [-0.3, -0.25) is 29.0 Å². The van der Waals surface area contributed by atoms with Crippen LogP contribution in [0.25, 0.3) is 0 Å². The van der Waals surface area contributed by atoms with Gasteiger partial charge in [-0.2, -0.15) is 0 Å². The van der Waals surface area contributed by atoms with E-state index in [1.54, 1.807) is 0 Å². The summed E-state index contributed by atoms with van der Waals surface area (Å²) in [5.74, 6) is -6.41. The van der Waals surface area contributed by atoms with Crippen LogP contribution in [-0.2, 0) is 28.8 Å². The van der Waals surface area contributed by atoms with Gasteiger partial charge in [0.1, 0.15) is 18.1 Å². The van der Waals surface area contributed by atoms with Crippen LogP contribution in [0.2, 0.25) is 0 Å². The predicted octanol–water partition coefficient (Wildman–Crippen LogP) is -3.31. The fraction of sp³-hybridized carbons (Fsp3) is 0.667. The Balaban J connectivity index is 5.64. The molecule has 0 saturated carbocycles. The third kappa shape index (κ3) is 14.9. The number of amides is 4. The van der Waals surface area contributed by atoms with Crippen molar-refractivity contribution in [2.75, 3.05) is 6.54 Å². The maximum Gasteiger partial charge on any atom is 0.326 e. The molecule has 0 heterocycles. The Kier molecular flexibility index (Phi) is 14.9. The SMILES string of the molecule is CC(C)CC(N)C(=O)NC(CCCN=C(N)N)C(=O)NC(CC(N)=O)C(=O)NC(CCC(=O)O)C(=O)O. The van der Waals surface area contributed by atoms with Crippen LogP contribution in [-0.4, -0.2) is 82.5 Å². The zero-order valence-corrected chi connectivity index (χ0v) is 20.9. The molecule has 4 amide bonds. The first-order chi connectivity index (χ1) is 17.1. The predicted molar refractivity (Wildman–Crippen MR) is 131 cm³/mol. The molecule has 0 aliphatic rings. The maximum absolute atomic E-state index is 13.0. The van der Waals surface area contributed by atoms with Gasteiger partial charge in [0, 0.05) is 13.0 Å². The monoisotopic (exact) mass is 530 g/mol. The first kappa shape index (κ1) is 33.0. The minimum atomic E-state index is -1.60. The number of carboxylic acids is 2. The average Bonchev–Trinajstić information content (AvgIpc) is 2.76. The number of carbonyl (C=O) groups is 6. The summed E-state index contributed by atoms with van der Waals surface area (Å²) >= 11 is 0. The molecule has 0 aromatic heterocycles. The number of primary amides is 1. The van der Waals surface area contributed by atoms with Gasteiger partial charge in [0.25, 0.3) is 0 Å². The highest BCUT2D eigenvalue weighted by Crippen LogP contribution is 2.06. The number of hydrogen-bond acceptors (Lipinski definition) is 8. The standard InChI is InChI=1S/C21H38N8O8/c1-10(2)8-11(22)17(33)27-12(4-3-7-26-21(24)25)18(34)29-14(9-15(23)30)19(35)28-13(20(36)37)5-6-16(31)32/h10-14H,3-9,22H2,1-2H3,(H2,23,30)(H,27,33)(H,28,35)(H,29,34)(H,31,32)(H,36,37)(H4,24,25,26). The topological polar surface area (TPSA) is 295 Å². The van der Waals surface area contributed by atoms with Crippen molar-refractivity contribution in [3.63, 3.8) is 0 Å². The molecule has 210 valence electrons. The lowest BCUT2D eigenvalue weighted by molar-refractivity contribution is -0.143. The van der Waals surface area contributed by atoms with Crippen molar-refractivity contribution in [2.45, 2.75) is 76.5 Å². The summed E-state index contributed by atoms with van der Waals surface area (Å²) in [5.41, 5.74) is 21.6. The Morgan fingerprint density at radius 2 is 1.35 bits per heavy atom. The minimum absolute atomic E-state index is 0.0318. The van der Waals surface area contributed by atoms with Gasteiger partial charge in [-0.25, -0.2) is 4.79 Å². The number of nitrogens with two attached hydrogens (primary N) is 4. The molecular weight excluding hydrogens is 492 g/mol. The molecule has 16 nitrogen and oxygen atoms in total. The van der Waals surface area contributed by atoms with Gasteiger partial charge in [-0.05, 0) is 31.6 Å². The van der Waals surface area contributed by atoms with Crippen LogP contribution in [0, 0.1) is 5.92 Å². The fourth-order valence-corrected chi connectivity index (χ4v) is 3.15. The van der Waals surface area contributed by atoms with E-state index in [1.807, 2.05) is 13.8 Å². The van der Waals surface area contributed by atoms with Crippen molar-refractivity contribution in [2.24, 2.45) is 33.8 Å². The largest absolute Gasteiger partial charge is 0.481 e. The van der Waals surface area contributed by atoms with E-state index in [2.05, 4.69) is 20.9 Å². The number of aliphatic carboxylic acids is 2. The van der Waals surface area contributed by atoms with E-state index in [-0.39, 0.29) is 31.3 Å². The van der Waals surface area contributed by atoms with E-state index in [1.165, 1.54) is 0 Å². The molecule has 0 aliphatic heterocycles. The second-order valence-electron chi connectivity index (χ2n) is 8.81. The van der Waals surface area contributed by atoms with Gasteiger partial charge >= 0.3 is 11.9 Å². The van der Waals surface area contributed by atoms with Crippen LogP contribution in [0.5, 0.6) is 0 Å². The third-order valence-corrected chi connectivity index (χ3v) is 4.94. The van der Waals surface area contributed by atoms with Gasteiger partial charge < -0.3 is 49.1 Å². The molecular formula is C21H38N8O8. The van der Waals surface area contributed by atoms with Crippen LogP contribution in [0.3, 0.4) is 0 Å². The molecule has 0 aliphatic carbocycles. The molecule has 13 N–H and O–H groups in total. The molecule has 37 heavy (non-hydrogen) atoms. The summed E-state index contributed by atoms with van der Waals surface area (Å²) < 4.78 is 0. The van der Waals surface area contributed by atoms with Crippen molar-refractivity contribution < 1.29 is 39.0 Å². The smallest absolute Gasteiger partial charge is 0.326 e. The van der Waals surface area contributed by atoms with E-state index in [0.717, 1.165) is 0 Å². The third-order valence-electron chi connectivity index (χ3n) is 4.94. The Hall–Kier alpha value is -3.95. The number of hydrogen-bond donors (Lipinski definition) is 9. The van der Waals surface area contributed by atoms with Crippen LogP contribution in [0.1, 0.15) is 52.4 Å². The quantitative estimate of drug-likeness (QED) is 0.0480. The molecule has 0 rings (SSSR count). The lowest BCUT2D eigenvalue weighted by Crippen LogP contribution is -2.57. The summed E-state index contributed by atoms with van der Waals surface area (Å²) in [4.78, 5) is 75.7. The fourth-order valence-electron chi connectivity index (χ4n) is 3.15. The van der Waals surface area contributed by atoms with E-state index in [9.17, 15) is 33.9 Å². The van der Waals surface area contributed by atoms with Crippen molar-refractivity contribution in [1.29, 1.82) is 0 Å². The number of guanidine groups is 1. The Morgan fingerprint density at radius 1 is 0.811 bits per heavy atom. The normalized spacial score (nSPS) is 13.9. The molecule has 4 atom stereocenters. The van der Waals surface area contributed by atoms with Gasteiger partial charge in [0.15, 0.2) is 5.96 Å². The van der Waals surface area contributed by atoms with E-state index in [4.69, 9.17) is 28.0 Å². The highest BCUT2D eigenvalue weighted by molar-refractivity contribution is 5.96. The zero-order valence-electron chi connectivity index (χ0n) is 20.9. The summed E-state index contributed by atoms with van der Waals surface area (Å²) in [6, 6.07) is -5.31. The zero-order chi connectivity index (χ0) is 28.7. The number of carboxylic acid groups (broad SMARTS) is 2. The molecule has 0 aromatic carbocycles. The number of nitrogens with zero attached hydrogens (tertiary/aromatic N) is 1. The molecule has 0 spiro atoms. The number of rotatable bonds is 18. The summed E-state index contributed by atoms with van der Waals surface area (Å²) in [6.07, 6.45) is -1.06. The highest BCUT2D eigenvalue weighted by Gasteiger charge is 2.31. The van der Waals surface area contributed by atoms with Crippen LogP contribution in [0.15, 0.2) is 4.99 Å². The van der Waals surface area contributed by atoms with Crippen LogP contribution < -0.4 is 38.9 Å². The number of aliphatic imine (C=N–C) groups is 1. The Morgan fingerprint density at radius 3 is 1.84 bits per heavy atom. The summed E-state index contributed by atoms with van der Waals surface area (Å²) in [6.45, 7) is 3.86. The van der Waals surface area contributed by atoms with E-state index in [0.29, 0.717) is 6.42 Å². The van der Waals surface area contributed by atoms with Crippen LogP contribution in [0.4, 0.5) is 0 Å². The first-order valence-electron chi connectivity index (χ1n) is 11.6. The number of nitrogens with one attached hydrogen (secondary N) is 3. The van der Waals surface area contributed by atoms with E-state index < -0.39 is 79.0 Å². The van der Waals surface area contributed by atoms with E-state index >= 15 is 0 Å². The molecule has 0 radical (unpaired) electrons. The summed E-state index contributed by atoms with van der Waals surface area (Å²) in [7, 11) is 0. The minimum Gasteiger partial charge on any atom is -0.481 e. The van der Waals surface area contributed by atoms with Crippen molar-refractivity contribution >= 4 is 41.5 Å². The average molecular weight is 531 g/mol. The van der Waals surface area contributed by atoms with Crippen LogP contribution >= 0.6 is 0 Å². The lowest BCUT2D eigenvalue weighted by atomic mass is 10.0. The van der Waals surface area contributed by atoms with Gasteiger partial charge in [0.2, 0.25) is 23.6 Å². The molecule has 0 saturated heterocycles. The second-order valence-corrected chi connectivity index (χ2v) is 8.81. The van der Waals surface area contributed by atoms with Gasteiger partial charge in [-0.1, -0.05) is 13.8 Å². The second kappa shape index (κ2) is 16.7. The maximum atomic E-state index is 13.0. The van der Waals surface area contributed by atoms with Crippen molar-refractivity contribution in [3.05, 3.63) is 0 Å². The molecule has 16 heteroatoms. The molecule has 0 fully saturated rings. The van der Waals surface area contributed by atoms with Gasteiger partial charge in [0.05, 0.1) is 12.5 Å². The first-order valence-corrected chi connectivity index (χ1v) is 11.6. The highest BCUT2D eigenvalue weighted by atomic mass is 16.4.